The second kappa shape index (κ2) is 2.51. The van der Waals surface area contributed by atoms with Crippen LogP contribution in [0.5, 0.6) is 0 Å². The average molecular weight is 142 g/mol. The highest BCUT2D eigenvalue weighted by atomic mass is 15.3. The Bertz CT molecular complexity index is 115. The number of hydrogen-bond acceptors (Lipinski definition) is 2. The molecule has 1 saturated heterocycles. The Hall–Kier alpha value is -0.0800. The molecule has 0 aromatic rings. The van der Waals surface area contributed by atoms with E-state index in [-0.39, 0.29) is 0 Å². The van der Waals surface area contributed by atoms with Crippen LogP contribution in [-0.4, -0.2) is 24.2 Å². The van der Waals surface area contributed by atoms with Crippen LogP contribution in [0, 0.1) is 5.41 Å². The maximum atomic E-state index is 5.76. The summed E-state index contributed by atoms with van der Waals surface area (Å²) < 4.78 is 0. The molecule has 1 fully saturated rings. The first-order valence-corrected chi connectivity index (χ1v) is 3.99. The Morgan fingerprint density at radius 2 is 2.10 bits per heavy atom. The summed E-state index contributed by atoms with van der Waals surface area (Å²) in [5.74, 6) is 0. The molecule has 1 rings (SSSR count). The zero-order valence-corrected chi connectivity index (χ0v) is 7.22. The van der Waals surface area contributed by atoms with E-state index in [1.54, 1.807) is 0 Å². The van der Waals surface area contributed by atoms with E-state index in [0.717, 1.165) is 6.54 Å². The third-order valence-corrected chi connectivity index (χ3v) is 1.86. The molecule has 2 nitrogen and oxygen atoms in total. The lowest BCUT2D eigenvalue weighted by atomic mass is 9.94. The first-order valence-electron chi connectivity index (χ1n) is 3.99. The number of nitrogens with zero attached hydrogens (tertiary/aromatic N) is 1. The van der Waals surface area contributed by atoms with Crippen molar-refractivity contribution in [3.8, 4) is 0 Å². The van der Waals surface area contributed by atoms with Gasteiger partial charge in [0.2, 0.25) is 0 Å². The van der Waals surface area contributed by atoms with Crippen LogP contribution in [-0.2, 0) is 0 Å². The predicted octanol–water partition coefficient (Wildman–Crippen LogP) is 1.02. The highest BCUT2D eigenvalue weighted by Gasteiger charge is 2.27. The Balaban J connectivity index is 2.26. The van der Waals surface area contributed by atoms with Crippen LogP contribution in [0.25, 0.3) is 0 Å². The highest BCUT2D eigenvalue weighted by molar-refractivity contribution is 4.81. The third-order valence-electron chi connectivity index (χ3n) is 1.86. The van der Waals surface area contributed by atoms with Crippen molar-refractivity contribution in [3.05, 3.63) is 0 Å². The van der Waals surface area contributed by atoms with Crippen molar-refractivity contribution in [1.82, 2.24) is 4.90 Å². The molecule has 60 valence electrons. The van der Waals surface area contributed by atoms with Gasteiger partial charge in [0, 0.05) is 13.1 Å². The van der Waals surface area contributed by atoms with Crippen molar-refractivity contribution in [2.75, 3.05) is 13.1 Å². The predicted molar refractivity (Wildman–Crippen MR) is 43.6 cm³/mol. The maximum absolute atomic E-state index is 5.76. The van der Waals surface area contributed by atoms with Gasteiger partial charge in [-0.25, -0.2) is 0 Å². The minimum Gasteiger partial charge on any atom is -0.316 e. The first-order chi connectivity index (χ1) is 4.49. The monoisotopic (exact) mass is 142 g/mol. The van der Waals surface area contributed by atoms with E-state index in [1.165, 1.54) is 13.0 Å². The van der Waals surface area contributed by atoms with Gasteiger partial charge >= 0.3 is 0 Å². The minimum atomic E-state index is 0.347. The number of rotatable bonds is 1. The standard InChI is InChI=1S/C8H18N2/c1-8(2,3)6-10-5-4-7(10)9/h7H,4-6,9H2,1-3H3. The smallest absolute Gasteiger partial charge is 0.0584 e. The van der Waals surface area contributed by atoms with Crippen molar-refractivity contribution < 1.29 is 0 Å². The minimum absolute atomic E-state index is 0.347. The zero-order chi connectivity index (χ0) is 7.78. The summed E-state index contributed by atoms with van der Waals surface area (Å²) >= 11 is 0. The third kappa shape index (κ3) is 1.96. The second-order valence-electron chi connectivity index (χ2n) is 4.39. The molecule has 0 amide bonds. The number of nitrogens with two attached hydrogens (primary N) is 1. The summed E-state index contributed by atoms with van der Waals surface area (Å²) in [6, 6.07) is 0. The van der Waals surface area contributed by atoms with Gasteiger partial charge in [0.25, 0.3) is 0 Å². The fourth-order valence-corrected chi connectivity index (χ4v) is 1.27. The van der Waals surface area contributed by atoms with E-state index in [0.29, 0.717) is 11.6 Å². The van der Waals surface area contributed by atoms with Gasteiger partial charge in [0.05, 0.1) is 6.17 Å². The van der Waals surface area contributed by atoms with Crippen molar-refractivity contribution in [3.63, 3.8) is 0 Å². The Kier molecular flexibility index (Phi) is 2.02. The summed E-state index contributed by atoms with van der Waals surface area (Å²) in [7, 11) is 0. The van der Waals surface area contributed by atoms with E-state index in [1.807, 2.05) is 0 Å². The van der Waals surface area contributed by atoms with Gasteiger partial charge < -0.3 is 5.73 Å². The van der Waals surface area contributed by atoms with Crippen LogP contribution < -0.4 is 5.73 Å². The van der Waals surface area contributed by atoms with E-state index in [2.05, 4.69) is 25.7 Å². The lowest BCUT2D eigenvalue weighted by Crippen LogP contribution is -2.55. The van der Waals surface area contributed by atoms with E-state index in [9.17, 15) is 0 Å². The van der Waals surface area contributed by atoms with Gasteiger partial charge in [-0.3, -0.25) is 4.90 Å². The molecule has 2 N–H and O–H groups in total. The van der Waals surface area contributed by atoms with Crippen LogP contribution in [0.15, 0.2) is 0 Å². The first kappa shape index (κ1) is 8.02. The van der Waals surface area contributed by atoms with Gasteiger partial charge in [0.1, 0.15) is 0 Å². The highest BCUT2D eigenvalue weighted by Crippen LogP contribution is 2.21. The maximum Gasteiger partial charge on any atom is 0.0584 e. The molecular formula is C8H18N2. The lowest BCUT2D eigenvalue weighted by molar-refractivity contribution is 0.0575. The van der Waals surface area contributed by atoms with Crippen molar-refractivity contribution in [1.29, 1.82) is 0 Å². The molecule has 0 spiro atoms. The van der Waals surface area contributed by atoms with E-state index < -0.39 is 0 Å². The summed E-state index contributed by atoms with van der Waals surface area (Å²) in [5, 5.41) is 0. The van der Waals surface area contributed by atoms with Crippen LogP contribution in [0.1, 0.15) is 27.2 Å². The fraction of sp³-hybridized carbons (Fsp3) is 1.00. The molecule has 2 heteroatoms. The molecule has 10 heavy (non-hydrogen) atoms. The summed E-state index contributed by atoms with van der Waals surface area (Å²) in [6.45, 7) is 9.07. The van der Waals surface area contributed by atoms with Gasteiger partial charge in [-0.15, -0.1) is 0 Å². The average Bonchev–Trinajstić information content (AvgIpc) is 1.78. The molecule has 1 aliphatic rings. The quantitative estimate of drug-likeness (QED) is 0.592. The van der Waals surface area contributed by atoms with Gasteiger partial charge in [0.15, 0.2) is 0 Å². The second-order valence-corrected chi connectivity index (χ2v) is 4.39. The van der Waals surface area contributed by atoms with Crippen molar-refractivity contribution in [2.45, 2.75) is 33.4 Å². The van der Waals surface area contributed by atoms with Crippen LogP contribution in [0.2, 0.25) is 0 Å². The lowest BCUT2D eigenvalue weighted by Gasteiger charge is -2.41. The topological polar surface area (TPSA) is 29.3 Å². The van der Waals surface area contributed by atoms with Crippen LogP contribution in [0.3, 0.4) is 0 Å². The largest absolute Gasteiger partial charge is 0.316 e. The van der Waals surface area contributed by atoms with Gasteiger partial charge in [-0.05, 0) is 11.8 Å². The van der Waals surface area contributed by atoms with Crippen LogP contribution in [0.4, 0.5) is 0 Å². The Morgan fingerprint density at radius 3 is 2.20 bits per heavy atom. The summed E-state index contributed by atoms with van der Waals surface area (Å²) in [6.07, 6.45) is 1.52. The summed E-state index contributed by atoms with van der Waals surface area (Å²) in [5.41, 5.74) is 6.16. The SMILES string of the molecule is CC(C)(C)CN1CCC1N. The van der Waals surface area contributed by atoms with Crippen LogP contribution >= 0.6 is 0 Å². The van der Waals surface area contributed by atoms with Gasteiger partial charge in [-0.2, -0.15) is 0 Å². The summed E-state index contributed by atoms with van der Waals surface area (Å²) in [4.78, 5) is 2.33. The molecule has 0 bridgehead atoms. The Morgan fingerprint density at radius 1 is 1.50 bits per heavy atom. The van der Waals surface area contributed by atoms with Gasteiger partial charge in [-0.1, -0.05) is 20.8 Å². The molecule has 1 heterocycles. The normalized spacial score (nSPS) is 28.2. The molecule has 0 radical (unpaired) electrons. The molecular weight excluding hydrogens is 124 g/mol. The van der Waals surface area contributed by atoms with Crippen molar-refractivity contribution in [2.24, 2.45) is 11.1 Å². The molecule has 1 unspecified atom stereocenters. The molecule has 1 atom stereocenters. The van der Waals surface area contributed by atoms with E-state index >= 15 is 0 Å². The zero-order valence-electron chi connectivity index (χ0n) is 7.22. The molecule has 0 aromatic carbocycles. The molecule has 0 aliphatic carbocycles. The fourth-order valence-electron chi connectivity index (χ4n) is 1.27. The van der Waals surface area contributed by atoms with Crippen molar-refractivity contribution >= 4 is 0 Å². The number of likely N-dealkylation sites (tertiary alicyclic amines) is 1. The molecule has 0 saturated carbocycles. The van der Waals surface area contributed by atoms with E-state index in [4.69, 9.17) is 5.73 Å². The number of hydrogen-bond donors (Lipinski definition) is 1. The molecule has 0 aromatic heterocycles. The Labute approximate surface area is 63.4 Å². The molecule has 1 aliphatic heterocycles.